The third-order valence-corrected chi connectivity index (χ3v) is 1.84. The lowest BCUT2D eigenvalue weighted by atomic mass is 10.5. The lowest BCUT2D eigenvalue weighted by Crippen LogP contribution is -2.23. The topological polar surface area (TPSA) is 37.6 Å². The van der Waals surface area contributed by atoms with Crippen LogP contribution in [0.1, 0.15) is 0 Å². The maximum Gasteiger partial charge on any atom is 0.219 e. The average molecular weight is 244 g/mol. The van der Waals surface area contributed by atoms with Crippen molar-refractivity contribution in [3.8, 4) is 0 Å². The molecule has 70 valence electrons. The van der Waals surface area contributed by atoms with Gasteiger partial charge in [0.15, 0.2) is 5.49 Å². The second kappa shape index (κ2) is 4.23. The first kappa shape index (κ1) is 9.98. The maximum absolute atomic E-state index is 10.6. The molecule has 4 nitrogen and oxygen atoms in total. The maximum atomic E-state index is 10.6. The molecule has 0 saturated heterocycles. The Bertz CT molecular complexity index is 370. The number of hydrogen-bond donors (Lipinski definition) is 0. The summed E-state index contributed by atoms with van der Waals surface area (Å²) in [5, 5.41) is 5.77. The summed E-state index contributed by atoms with van der Waals surface area (Å²) >= 11 is 3.31. The number of carbonyl (C=O) groups excluding carboxylic acids is 1. The molecule has 0 aliphatic carbocycles. The molecule has 0 amide bonds. The first-order chi connectivity index (χ1) is 6.13. The molecule has 0 radical (unpaired) electrons. The average Bonchev–Trinajstić information content (AvgIpc) is 2.03. The van der Waals surface area contributed by atoms with Crippen molar-refractivity contribution in [1.29, 1.82) is 0 Å². The molecule has 0 aromatic carbocycles. The highest BCUT2D eigenvalue weighted by Crippen LogP contribution is 2.02. The Hall–Kier alpha value is -1.10. The minimum absolute atomic E-state index is 0.592. The molecule has 13 heavy (non-hydrogen) atoms. The second-order valence-corrected chi connectivity index (χ2v) is 3.58. The van der Waals surface area contributed by atoms with E-state index in [1.54, 1.807) is 37.4 Å². The quantitative estimate of drug-likeness (QED) is 0.566. The number of rotatable bonds is 2. The van der Waals surface area contributed by atoms with Crippen LogP contribution in [-0.4, -0.2) is 30.1 Å². The minimum Gasteiger partial charge on any atom is -0.301 e. The molecule has 5 heteroatoms. The molecule has 0 spiro atoms. The monoisotopic (exact) mass is 243 g/mol. The van der Waals surface area contributed by atoms with Crippen LogP contribution in [0.3, 0.4) is 0 Å². The summed E-state index contributed by atoms with van der Waals surface area (Å²) in [5.41, 5.74) is 0.592. The summed E-state index contributed by atoms with van der Waals surface area (Å²) in [6.07, 6.45) is 2.37. The van der Waals surface area contributed by atoms with Gasteiger partial charge in [0.05, 0.1) is 0 Å². The Labute approximate surface area is 84.6 Å². The standard InChI is InChI=1S/C8H10BrN3O/c1-11(2)10-8-5-7(9)3-4-12(8)6-13/h3-6H,1-2H3/b10-8-. The van der Waals surface area contributed by atoms with Crippen molar-refractivity contribution in [2.24, 2.45) is 5.10 Å². The number of aromatic nitrogens is 1. The summed E-state index contributed by atoms with van der Waals surface area (Å²) in [4.78, 5) is 10.6. The van der Waals surface area contributed by atoms with Crippen LogP contribution < -0.4 is 5.49 Å². The van der Waals surface area contributed by atoms with Gasteiger partial charge >= 0.3 is 0 Å². The Kier molecular flexibility index (Phi) is 3.25. The highest BCUT2D eigenvalue weighted by molar-refractivity contribution is 9.10. The van der Waals surface area contributed by atoms with E-state index >= 15 is 0 Å². The highest BCUT2D eigenvalue weighted by atomic mass is 79.9. The highest BCUT2D eigenvalue weighted by Gasteiger charge is 1.93. The van der Waals surface area contributed by atoms with Crippen LogP contribution in [0.15, 0.2) is 27.9 Å². The van der Waals surface area contributed by atoms with Gasteiger partial charge in [-0.3, -0.25) is 9.36 Å². The molecule has 0 saturated carbocycles. The van der Waals surface area contributed by atoms with Gasteiger partial charge in [0.25, 0.3) is 0 Å². The Morgan fingerprint density at radius 2 is 2.31 bits per heavy atom. The zero-order valence-corrected chi connectivity index (χ0v) is 9.02. The molecule has 1 rings (SSSR count). The summed E-state index contributed by atoms with van der Waals surface area (Å²) in [5.74, 6) is 0. The van der Waals surface area contributed by atoms with E-state index in [9.17, 15) is 4.79 Å². The van der Waals surface area contributed by atoms with Crippen LogP contribution in [0.2, 0.25) is 0 Å². The number of hydrogen-bond acceptors (Lipinski definition) is 3. The smallest absolute Gasteiger partial charge is 0.219 e. The van der Waals surface area contributed by atoms with Crippen molar-refractivity contribution in [2.75, 3.05) is 14.1 Å². The molecule has 0 fully saturated rings. The molecule has 1 aromatic rings. The normalized spacial score (nSPS) is 11.5. The van der Waals surface area contributed by atoms with Gasteiger partial charge in [-0.1, -0.05) is 15.9 Å². The molecule has 1 aromatic heterocycles. The Morgan fingerprint density at radius 1 is 1.62 bits per heavy atom. The SMILES string of the molecule is CN(C)/N=c1/cc(Br)ccn1C=O. The largest absolute Gasteiger partial charge is 0.301 e. The first-order valence-corrected chi connectivity index (χ1v) is 4.48. The van der Waals surface area contributed by atoms with Gasteiger partial charge in [-0.2, -0.15) is 5.10 Å². The zero-order chi connectivity index (χ0) is 9.84. The van der Waals surface area contributed by atoms with Crippen LogP contribution >= 0.6 is 15.9 Å². The third kappa shape index (κ3) is 2.69. The van der Waals surface area contributed by atoms with E-state index in [2.05, 4.69) is 21.0 Å². The van der Waals surface area contributed by atoms with E-state index < -0.39 is 0 Å². The molecule has 0 aliphatic rings. The number of halogens is 1. The lowest BCUT2D eigenvalue weighted by molar-refractivity contribution is 0.414. The molecule has 0 aliphatic heterocycles. The summed E-state index contributed by atoms with van der Waals surface area (Å²) in [7, 11) is 3.60. The second-order valence-electron chi connectivity index (χ2n) is 2.66. The molecule has 1 heterocycles. The summed E-state index contributed by atoms with van der Waals surface area (Å²) < 4.78 is 2.30. The van der Waals surface area contributed by atoms with Gasteiger partial charge in [0.2, 0.25) is 6.41 Å². The fraction of sp³-hybridized carbons (Fsp3) is 0.250. The minimum atomic E-state index is 0.592. The van der Waals surface area contributed by atoms with Crippen molar-refractivity contribution in [1.82, 2.24) is 9.58 Å². The van der Waals surface area contributed by atoms with E-state index in [-0.39, 0.29) is 0 Å². The van der Waals surface area contributed by atoms with Crippen molar-refractivity contribution in [2.45, 2.75) is 0 Å². The van der Waals surface area contributed by atoms with Crippen molar-refractivity contribution < 1.29 is 4.79 Å². The zero-order valence-electron chi connectivity index (χ0n) is 7.44. The third-order valence-electron chi connectivity index (χ3n) is 1.34. The predicted molar refractivity (Wildman–Crippen MR) is 53.5 cm³/mol. The molecular weight excluding hydrogens is 234 g/mol. The molecule has 0 bridgehead atoms. The fourth-order valence-corrected chi connectivity index (χ4v) is 1.17. The van der Waals surface area contributed by atoms with Crippen LogP contribution in [-0.2, 0) is 4.79 Å². The van der Waals surface area contributed by atoms with Crippen LogP contribution in [0.4, 0.5) is 0 Å². The van der Waals surface area contributed by atoms with E-state index in [0.29, 0.717) is 5.49 Å². The number of pyridine rings is 1. The van der Waals surface area contributed by atoms with E-state index in [4.69, 9.17) is 0 Å². The van der Waals surface area contributed by atoms with Gasteiger partial charge in [-0.15, -0.1) is 0 Å². The number of nitrogens with zero attached hydrogens (tertiary/aromatic N) is 3. The fourth-order valence-electron chi connectivity index (χ4n) is 0.848. The van der Waals surface area contributed by atoms with Crippen molar-refractivity contribution in [3.63, 3.8) is 0 Å². The van der Waals surface area contributed by atoms with Crippen LogP contribution in [0.25, 0.3) is 0 Å². The summed E-state index contributed by atoms with van der Waals surface area (Å²) in [6.45, 7) is 0. The molecule has 0 atom stereocenters. The Morgan fingerprint density at radius 3 is 2.85 bits per heavy atom. The van der Waals surface area contributed by atoms with E-state index in [1.165, 1.54) is 4.57 Å². The molecule has 0 unspecified atom stereocenters. The van der Waals surface area contributed by atoms with E-state index in [1.807, 2.05) is 0 Å². The van der Waals surface area contributed by atoms with Crippen LogP contribution in [0, 0.1) is 0 Å². The van der Waals surface area contributed by atoms with E-state index in [0.717, 1.165) is 10.9 Å². The van der Waals surface area contributed by atoms with Gasteiger partial charge in [0, 0.05) is 24.8 Å². The van der Waals surface area contributed by atoms with Crippen molar-refractivity contribution in [3.05, 3.63) is 28.3 Å². The Balaban J connectivity index is 3.31. The van der Waals surface area contributed by atoms with Crippen LogP contribution in [0.5, 0.6) is 0 Å². The number of carbonyl (C=O) groups is 1. The molecular formula is C8H10BrN3O. The van der Waals surface area contributed by atoms with Gasteiger partial charge in [-0.25, -0.2) is 0 Å². The first-order valence-electron chi connectivity index (χ1n) is 3.68. The molecule has 0 N–H and O–H groups in total. The predicted octanol–water partition coefficient (Wildman–Crippen LogP) is 0.666. The van der Waals surface area contributed by atoms with Crippen molar-refractivity contribution >= 4 is 22.3 Å². The van der Waals surface area contributed by atoms with Gasteiger partial charge in [0.1, 0.15) is 0 Å². The van der Waals surface area contributed by atoms with Gasteiger partial charge < -0.3 is 5.01 Å². The summed E-state index contributed by atoms with van der Waals surface area (Å²) in [6, 6.07) is 3.55. The lowest BCUT2D eigenvalue weighted by Gasteiger charge is -2.04. The van der Waals surface area contributed by atoms with Gasteiger partial charge in [-0.05, 0) is 12.1 Å².